The summed E-state index contributed by atoms with van der Waals surface area (Å²) < 4.78 is 27.4. The lowest BCUT2D eigenvalue weighted by Gasteiger charge is -2.16. The summed E-state index contributed by atoms with van der Waals surface area (Å²) in [5.74, 6) is 2.06. The maximum Gasteiger partial charge on any atom is 0.339 e. The Morgan fingerprint density at radius 1 is 0.629 bits per heavy atom. The number of carboxylic acids is 1. The van der Waals surface area contributed by atoms with E-state index in [1.807, 2.05) is 24.3 Å². The summed E-state index contributed by atoms with van der Waals surface area (Å²) >= 11 is 0. The first kappa shape index (κ1) is 25.7. The van der Waals surface area contributed by atoms with Gasteiger partial charge >= 0.3 is 5.97 Å². The molecule has 3 aromatic rings. The number of rotatable bonds is 12. The van der Waals surface area contributed by atoms with Crippen LogP contribution in [0.1, 0.15) is 32.6 Å². The van der Waals surface area contributed by atoms with Gasteiger partial charge in [-0.15, -0.1) is 0 Å². The predicted octanol–water partition coefficient (Wildman–Crippen LogP) is 5.00. The number of carbonyl (C=O) groups is 1. The molecule has 3 aromatic carbocycles. The molecule has 0 spiro atoms. The number of aryl methyl sites for hydroxylation is 4. The molecule has 0 aliphatic rings. The highest BCUT2D eigenvalue weighted by molar-refractivity contribution is 5.91. The van der Waals surface area contributed by atoms with E-state index in [9.17, 15) is 9.90 Å². The van der Waals surface area contributed by atoms with Crippen molar-refractivity contribution in [3.63, 3.8) is 0 Å². The highest BCUT2D eigenvalue weighted by atomic mass is 16.5. The maximum atomic E-state index is 11.3. The van der Waals surface area contributed by atoms with Crippen LogP contribution in [0.2, 0.25) is 0 Å². The van der Waals surface area contributed by atoms with Crippen LogP contribution in [0.5, 0.6) is 28.7 Å². The van der Waals surface area contributed by atoms with E-state index >= 15 is 0 Å². The van der Waals surface area contributed by atoms with Crippen LogP contribution in [-0.2, 0) is 25.7 Å². The molecule has 1 N–H and O–H groups in total. The Kier molecular flexibility index (Phi) is 8.84. The second kappa shape index (κ2) is 12.0. The maximum absolute atomic E-state index is 11.3. The van der Waals surface area contributed by atoms with Crippen LogP contribution in [0.15, 0.2) is 48.5 Å². The van der Waals surface area contributed by atoms with Gasteiger partial charge in [0.1, 0.15) is 17.1 Å². The molecule has 0 atom stereocenters. The van der Waals surface area contributed by atoms with E-state index in [1.54, 1.807) is 40.6 Å². The molecule has 35 heavy (non-hydrogen) atoms. The molecule has 0 aromatic heterocycles. The van der Waals surface area contributed by atoms with Gasteiger partial charge < -0.3 is 28.8 Å². The van der Waals surface area contributed by atoms with E-state index in [1.165, 1.54) is 7.11 Å². The van der Waals surface area contributed by atoms with Gasteiger partial charge in [0.2, 0.25) is 5.75 Å². The summed E-state index contributed by atoms with van der Waals surface area (Å²) in [6.45, 7) is 0. The first-order chi connectivity index (χ1) is 16.9. The van der Waals surface area contributed by atoms with Crippen LogP contribution < -0.4 is 23.7 Å². The Balaban J connectivity index is 1.77. The molecule has 0 radical (unpaired) electrons. The highest BCUT2D eigenvalue weighted by Gasteiger charge is 2.15. The zero-order valence-corrected chi connectivity index (χ0v) is 20.8. The smallest absolute Gasteiger partial charge is 0.339 e. The zero-order chi connectivity index (χ0) is 25.4. The minimum absolute atomic E-state index is 0.155. The number of hydrogen-bond donors (Lipinski definition) is 1. The largest absolute Gasteiger partial charge is 0.496 e. The van der Waals surface area contributed by atoms with Crippen molar-refractivity contribution >= 4 is 5.97 Å². The standard InChI is InChI=1S/C28H32O7/c1-31-23-15-18(11-14-22(23)28(29)30)9-12-20-7-6-8-21(26(20)34-4)13-10-19-16-24(32-2)27(35-5)25(17-19)33-3/h6-8,11,14-17H,9-10,12-13H2,1-5H3,(H,29,30). The van der Waals surface area contributed by atoms with E-state index in [2.05, 4.69) is 12.1 Å². The van der Waals surface area contributed by atoms with Gasteiger partial charge in [-0.05, 0) is 72.2 Å². The number of carboxylic acid groups (broad SMARTS) is 1. The molecule has 0 heterocycles. The van der Waals surface area contributed by atoms with E-state index < -0.39 is 5.97 Å². The average molecular weight is 481 g/mol. The number of para-hydroxylation sites is 1. The molecule has 0 fully saturated rings. The van der Waals surface area contributed by atoms with Crippen molar-refractivity contribution in [1.82, 2.24) is 0 Å². The lowest BCUT2D eigenvalue weighted by atomic mass is 9.97. The SMILES string of the molecule is COc1cc(CCc2cccc(CCc3cc(OC)c(OC)c(OC)c3)c2OC)ccc1C(=O)O. The highest BCUT2D eigenvalue weighted by Crippen LogP contribution is 2.38. The summed E-state index contributed by atoms with van der Waals surface area (Å²) in [6, 6.07) is 15.3. The average Bonchev–Trinajstić information content (AvgIpc) is 2.89. The van der Waals surface area contributed by atoms with Gasteiger partial charge in [0.15, 0.2) is 11.5 Å². The second-order valence-corrected chi connectivity index (χ2v) is 7.98. The monoisotopic (exact) mass is 480 g/mol. The molecular formula is C28H32O7. The van der Waals surface area contributed by atoms with E-state index in [0.29, 0.717) is 23.0 Å². The number of benzene rings is 3. The van der Waals surface area contributed by atoms with Crippen molar-refractivity contribution in [1.29, 1.82) is 0 Å². The molecule has 7 nitrogen and oxygen atoms in total. The quantitative estimate of drug-likeness (QED) is 0.391. The summed E-state index contributed by atoms with van der Waals surface area (Å²) in [5.41, 5.74) is 4.42. The van der Waals surface area contributed by atoms with E-state index in [0.717, 1.165) is 53.7 Å². The van der Waals surface area contributed by atoms with Crippen molar-refractivity contribution in [3.8, 4) is 28.7 Å². The van der Waals surface area contributed by atoms with Gasteiger partial charge in [-0.2, -0.15) is 0 Å². The second-order valence-electron chi connectivity index (χ2n) is 7.98. The zero-order valence-electron chi connectivity index (χ0n) is 20.8. The molecule has 0 amide bonds. The number of hydrogen-bond acceptors (Lipinski definition) is 6. The molecule has 0 aliphatic carbocycles. The van der Waals surface area contributed by atoms with E-state index in [-0.39, 0.29) is 5.56 Å². The molecule has 7 heteroatoms. The molecule has 0 saturated carbocycles. The molecule has 0 bridgehead atoms. The van der Waals surface area contributed by atoms with Crippen molar-refractivity contribution in [2.75, 3.05) is 35.5 Å². The third-order valence-corrected chi connectivity index (χ3v) is 5.97. The van der Waals surface area contributed by atoms with Gasteiger partial charge in [0.05, 0.1) is 35.5 Å². The fourth-order valence-corrected chi connectivity index (χ4v) is 4.20. The van der Waals surface area contributed by atoms with Crippen LogP contribution in [0, 0.1) is 0 Å². The fraction of sp³-hybridized carbons (Fsp3) is 0.321. The van der Waals surface area contributed by atoms with Gasteiger partial charge in [0.25, 0.3) is 0 Å². The minimum Gasteiger partial charge on any atom is -0.496 e. The lowest BCUT2D eigenvalue weighted by molar-refractivity contribution is 0.0693. The predicted molar refractivity (Wildman–Crippen MR) is 134 cm³/mol. The van der Waals surface area contributed by atoms with Crippen molar-refractivity contribution in [2.24, 2.45) is 0 Å². The van der Waals surface area contributed by atoms with Gasteiger partial charge in [-0.25, -0.2) is 4.79 Å². The Morgan fingerprint density at radius 3 is 1.63 bits per heavy atom. The van der Waals surface area contributed by atoms with Crippen LogP contribution in [-0.4, -0.2) is 46.6 Å². The van der Waals surface area contributed by atoms with Crippen molar-refractivity contribution < 1.29 is 33.6 Å². The van der Waals surface area contributed by atoms with Crippen molar-refractivity contribution in [2.45, 2.75) is 25.7 Å². The van der Waals surface area contributed by atoms with E-state index in [4.69, 9.17) is 23.7 Å². The van der Waals surface area contributed by atoms with Crippen LogP contribution >= 0.6 is 0 Å². The first-order valence-corrected chi connectivity index (χ1v) is 11.3. The van der Waals surface area contributed by atoms with Crippen LogP contribution in [0.4, 0.5) is 0 Å². The number of aromatic carboxylic acids is 1. The fourth-order valence-electron chi connectivity index (χ4n) is 4.20. The number of ether oxygens (including phenoxy) is 5. The van der Waals surface area contributed by atoms with Gasteiger partial charge in [-0.1, -0.05) is 24.3 Å². The number of methoxy groups -OCH3 is 5. The third-order valence-electron chi connectivity index (χ3n) is 5.97. The third kappa shape index (κ3) is 5.98. The van der Waals surface area contributed by atoms with Crippen LogP contribution in [0.25, 0.3) is 0 Å². The minimum atomic E-state index is -1.00. The summed E-state index contributed by atoms with van der Waals surface area (Å²) in [4.78, 5) is 11.3. The molecule has 0 aliphatic heterocycles. The van der Waals surface area contributed by atoms with Gasteiger partial charge in [-0.3, -0.25) is 0 Å². The summed E-state index contributed by atoms with van der Waals surface area (Å²) in [7, 11) is 7.97. The van der Waals surface area contributed by atoms with Crippen molar-refractivity contribution in [3.05, 3.63) is 76.3 Å². The Hall–Kier alpha value is -3.87. The Labute approximate surface area is 206 Å². The molecular weight excluding hydrogens is 448 g/mol. The molecule has 0 unspecified atom stereocenters. The van der Waals surface area contributed by atoms with Crippen LogP contribution in [0.3, 0.4) is 0 Å². The summed E-state index contributed by atoms with van der Waals surface area (Å²) in [5, 5.41) is 9.30. The lowest BCUT2D eigenvalue weighted by Crippen LogP contribution is -2.03. The Morgan fingerprint density at radius 2 is 1.14 bits per heavy atom. The first-order valence-electron chi connectivity index (χ1n) is 11.3. The topological polar surface area (TPSA) is 83.5 Å². The Bertz CT molecular complexity index is 1140. The van der Waals surface area contributed by atoms with Gasteiger partial charge in [0, 0.05) is 0 Å². The summed E-state index contributed by atoms with van der Waals surface area (Å²) in [6.07, 6.45) is 3.01. The molecule has 3 rings (SSSR count). The normalized spacial score (nSPS) is 10.5. The molecule has 186 valence electrons. The molecule has 0 saturated heterocycles.